The highest BCUT2D eigenvalue weighted by atomic mass is 19.1. The molecule has 0 aliphatic carbocycles. The quantitative estimate of drug-likeness (QED) is 0.859. The fourth-order valence-electron chi connectivity index (χ4n) is 3.19. The van der Waals surface area contributed by atoms with Gasteiger partial charge in [0.2, 0.25) is 5.91 Å². The van der Waals surface area contributed by atoms with Gasteiger partial charge in [-0.1, -0.05) is 26.7 Å². The number of nitrogens with two attached hydrogens (primary N) is 1. The van der Waals surface area contributed by atoms with E-state index in [9.17, 15) is 9.18 Å². The van der Waals surface area contributed by atoms with Gasteiger partial charge in [-0.3, -0.25) is 4.79 Å². The molecule has 140 valence electrons. The van der Waals surface area contributed by atoms with Crippen molar-refractivity contribution < 1.29 is 9.18 Å². The van der Waals surface area contributed by atoms with E-state index in [4.69, 9.17) is 5.73 Å². The molecule has 2 atom stereocenters. The number of carbonyl (C=O) groups is 1. The molecule has 7 heteroatoms. The monoisotopic (exact) mass is 359 g/mol. The van der Waals surface area contributed by atoms with E-state index < -0.39 is 11.9 Å². The van der Waals surface area contributed by atoms with E-state index in [1.807, 2.05) is 13.8 Å². The van der Waals surface area contributed by atoms with Gasteiger partial charge < -0.3 is 15.6 Å². The molecule has 2 unspecified atom stereocenters. The number of hydrogen-bond acceptors (Lipinski definition) is 4. The lowest BCUT2D eigenvalue weighted by molar-refractivity contribution is -0.118. The molecule has 3 rings (SSSR count). The number of anilines is 1. The highest BCUT2D eigenvalue weighted by Crippen LogP contribution is 2.26. The van der Waals surface area contributed by atoms with Crippen LogP contribution in [0.15, 0.2) is 18.2 Å². The molecule has 1 aliphatic rings. The molecule has 2 heterocycles. The Morgan fingerprint density at radius 3 is 2.92 bits per heavy atom. The summed E-state index contributed by atoms with van der Waals surface area (Å²) in [5.41, 5.74) is 6.81. The summed E-state index contributed by atoms with van der Waals surface area (Å²) in [5, 5.41) is 11.2. The van der Waals surface area contributed by atoms with Gasteiger partial charge in [0.25, 0.3) is 0 Å². The molecule has 1 aromatic heterocycles. The normalized spacial score (nSPS) is 16.5. The zero-order valence-corrected chi connectivity index (χ0v) is 15.3. The SMILES string of the molecule is CCC(C)C(N)C(=O)Nc1cc(-c2nnc3n2CCCCC3)ccc1F. The van der Waals surface area contributed by atoms with Gasteiger partial charge in [-0.15, -0.1) is 10.2 Å². The van der Waals surface area contributed by atoms with Crippen LogP contribution in [0.5, 0.6) is 0 Å². The third-order valence-electron chi connectivity index (χ3n) is 5.15. The smallest absolute Gasteiger partial charge is 0.241 e. The lowest BCUT2D eigenvalue weighted by atomic mass is 9.99. The summed E-state index contributed by atoms with van der Waals surface area (Å²) in [7, 11) is 0. The van der Waals surface area contributed by atoms with Gasteiger partial charge in [0, 0.05) is 18.5 Å². The van der Waals surface area contributed by atoms with E-state index in [-0.39, 0.29) is 17.5 Å². The van der Waals surface area contributed by atoms with Crippen molar-refractivity contribution in [1.29, 1.82) is 0 Å². The van der Waals surface area contributed by atoms with Crippen LogP contribution in [0, 0.1) is 11.7 Å². The molecule has 0 fully saturated rings. The van der Waals surface area contributed by atoms with Crippen LogP contribution >= 0.6 is 0 Å². The number of nitrogens with zero attached hydrogens (tertiary/aromatic N) is 3. The molecule has 1 amide bonds. The molecule has 0 bridgehead atoms. The average Bonchev–Trinajstić information content (AvgIpc) is 2.90. The number of aryl methyl sites for hydroxylation is 1. The standard InChI is InChI=1S/C19H26FN5O/c1-3-12(2)17(21)19(26)22-15-11-13(8-9-14(15)20)18-24-23-16-7-5-4-6-10-25(16)18/h8-9,11-12,17H,3-7,10,21H2,1-2H3,(H,22,26). The highest BCUT2D eigenvalue weighted by Gasteiger charge is 2.22. The summed E-state index contributed by atoms with van der Waals surface area (Å²) in [6.07, 6.45) is 5.04. The van der Waals surface area contributed by atoms with Gasteiger partial charge in [-0.05, 0) is 37.0 Å². The van der Waals surface area contributed by atoms with E-state index in [1.54, 1.807) is 12.1 Å². The second-order valence-electron chi connectivity index (χ2n) is 7.00. The summed E-state index contributed by atoms with van der Waals surface area (Å²) >= 11 is 0. The van der Waals surface area contributed by atoms with Gasteiger partial charge >= 0.3 is 0 Å². The average molecular weight is 359 g/mol. The molecule has 2 aromatic rings. The summed E-state index contributed by atoms with van der Waals surface area (Å²) in [6.45, 7) is 4.73. The predicted octanol–water partition coefficient (Wildman–Crippen LogP) is 3.12. The van der Waals surface area contributed by atoms with Crippen LogP contribution in [0.25, 0.3) is 11.4 Å². The van der Waals surface area contributed by atoms with Crippen molar-refractivity contribution in [2.45, 2.75) is 58.5 Å². The first-order chi connectivity index (χ1) is 12.5. The topological polar surface area (TPSA) is 85.8 Å². The lowest BCUT2D eigenvalue weighted by Gasteiger charge is -2.18. The minimum atomic E-state index is -0.674. The molecule has 0 saturated heterocycles. The number of hydrogen-bond donors (Lipinski definition) is 2. The zero-order valence-electron chi connectivity index (χ0n) is 15.3. The van der Waals surface area contributed by atoms with Crippen molar-refractivity contribution >= 4 is 11.6 Å². The van der Waals surface area contributed by atoms with Gasteiger partial charge in [0.05, 0.1) is 11.7 Å². The van der Waals surface area contributed by atoms with Crippen LogP contribution in [-0.4, -0.2) is 26.7 Å². The van der Waals surface area contributed by atoms with E-state index >= 15 is 0 Å². The van der Waals surface area contributed by atoms with Gasteiger partial charge in [0.1, 0.15) is 11.6 Å². The second-order valence-corrected chi connectivity index (χ2v) is 7.00. The molecule has 1 aliphatic heterocycles. The predicted molar refractivity (Wildman–Crippen MR) is 99.0 cm³/mol. The van der Waals surface area contributed by atoms with E-state index in [1.165, 1.54) is 12.5 Å². The molecule has 6 nitrogen and oxygen atoms in total. The van der Waals surface area contributed by atoms with Gasteiger partial charge in [-0.2, -0.15) is 0 Å². The van der Waals surface area contributed by atoms with Gasteiger partial charge in [-0.25, -0.2) is 4.39 Å². The second kappa shape index (κ2) is 7.95. The summed E-state index contributed by atoms with van der Waals surface area (Å²) < 4.78 is 16.3. The van der Waals surface area contributed by atoms with Gasteiger partial charge in [0.15, 0.2) is 5.82 Å². The molecular weight excluding hydrogens is 333 g/mol. The Bertz CT molecular complexity index is 788. The number of rotatable bonds is 5. The molecule has 0 radical (unpaired) electrons. The molecular formula is C19H26FN5O. The lowest BCUT2D eigenvalue weighted by Crippen LogP contribution is -2.40. The van der Waals surface area contributed by atoms with Crippen LogP contribution in [0.1, 0.15) is 45.4 Å². The Morgan fingerprint density at radius 1 is 1.35 bits per heavy atom. The Morgan fingerprint density at radius 2 is 2.15 bits per heavy atom. The molecule has 26 heavy (non-hydrogen) atoms. The minimum absolute atomic E-state index is 0.0218. The Labute approximate surface area is 153 Å². The summed E-state index contributed by atoms with van der Waals surface area (Å²) in [6, 6.07) is 3.95. The number of benzene rings is 1. The van der Waals surface area contributed by atoms with Crippen LogP contribution in [0.3, 0.4) is 0 Å². The maximum absolute atomic E-state index is 14.2. The summed E-state index contributed by atoms with van der Waals surface area (Å²) in [4.78, 5) is 12.3. The number of nitrogens with one attached hydrogen (secondary N) is 1. The van der Waals surface area contributed by atoms with Crippen molar-refractivity contribution in [3.8, 4) is 11.4 Å². The number of amides is 1. The maximum atomic E-state index is 14.2. The minimum Gasteiger partial charge on any atom is -0.322 e. The van der Waals surface area contributed by atoms with E-state index in [2.05, 4.69) is 20.1 Å². The Balaban J connectivity index is 1.87. The third kappa shape index (κ3) is 3.77. The van der Waals surface area contributed by atoms with Crippen molar-refractivity contribution in [1.82, 2.24) is 14.8 Å². The number of fused-ring (bicyclic) bond motifs is 1. The third-order valence-corrected chi connectivity index (χ3v) is 5.15. The van der Waals surface area contributed by atoms with Crippen molar-refractivity contribution in [3.05, 3.63) is 29.8 Å². The zero-order chi connectivity index (χ0) is 18.7. The number of aromatic nitrogens is 3. The number of carbonyl (C=O) groups excluding carboxylic acids is 1. The summed E-state index contributed by atoms with van der Waals surface area (Å²) in [5.74, 6) is 0.827. The molecule has 3 N–H and O–H groups in total. The molecule has 0 saturated carbocycles. The Kier molecular flexibility index (Phi) is 5.66. The fourth-order valence-corrected chi connectivity index (χ4v) is 3.19. The Hall–Kier alpha value is -2.28. The largest absolute Gasteiger partial charge is 0.322 e. The van der Waals surface area contributed by atoms with E-state index in [0.29, 0.717) is 5.82 Å². The van der Waals surface area contributed by atoms with E-state index in [0.717, 1.165) is 43.6 Å². The fraction of sp³-hybridized carbons (Fsp3) is 0.526. The first-order valence-electron chi connectivity index (χ1n) is 9.29. The van der Waals surface area contributed by atoms with Crippen molar-refractivity contribution in [2.75, 3.05) is 5.32 Å². The number of halogens is 1. The first-order valence-corrected chi connectivity index (χ1v) is 9.29. The van der Waals surface area contributed by atoms with Crippen LogP contribution < -0.4 is 11.1 Å². The highest BCUT2D eigenvalue weighted by molar-refractivity contribution is 5.95. The maximum Gasteiger partial charge on any atom is 0.241 e. The van der Waals surface area contributed by atoms with Crippen LogP contribution in [-0.2, 0) is 17.8 Å². The van der Waals surface area contributed by atoms with Crippen LogP contribution in [0.4, 0.5) is 10.1 Å². The van der Waals surface area contributed by atoms with Crippen molar-refractivity contribution in [2.24, 2.45) is 11.7 Å². The first kappa shape index (κ1) is 18.5. The molecule has 1 aromatic carbocycles. The molecule has 0 spiro atoms. The van der Waals surface area contributed by atoms with Crippen molar-refractivity contribution in [3.63, 3.8) is 0 Å². The van der Waals surface area contributed by atoms with Crippen LogP contribution in [0.2, 0.25) is 0 Å².